The topological polar surface area (TPSA) is 37.4 Å². The molecular formula is C17H29N3O. The number of hydrogen-bond donors (Lipinski definition) is 1. The molecule has 0 saturated carbocycles. The second-order valence-electron chi connectivity index (χ2n) is 7.02. The maximum absolute atomic E-state index is 5.51. The van der Waals surface area contributed by atoms with Crippen LogP contribution in [-0.4, -0.2) is 36.8 Å². The summed E-state index contributed by atoms with van der Waals surface area (Å²) < 4.78 is 5.51. The van der Waals surface area contributed by atoms with Crippen molar-refractivity contribution in [1.82, 2.24) is 10.3 Å². The molecule has 2 heterocycles. The molecule has 1 aromatic heterocycles. The summed E-state index contributed by atoms with van der Waals surface area (Å²) in [5.41, 5.74) is 2.51. The lowest BCUT2D eigenvalue weighted by molar-refractivity contribution is 0.0891. The first-order valence-electron chi connectivity index (χ1n) is 7.88. The van der Waals surface area contributed by atoms with Crippen LogP contribution in [0.25, 0.3) is 0 Å². The van der Waals surface area contributed by atoms with Crippen LogP contribution in [0.4, 0.5) is 5.82 Å². The van der Waals surface area contributed by atoms with Crippen molar-refractivity contribution in [2.75, 3.05) is 25.1 Å². The van der Waals surface area contributed by atoms with E-state index < -0.39 is 0 Å². The lowest BCUT2D eigenvalue weighted by Crippen LogP contribution is -2.40. The lowest BCUT2D eigenvalue weighted by atomic mass is 10.1. The fraction of sp³-hybridized carbons (Fsp3) is 0.706. The molecule has 1 unspecified atom stereocenters. The van der Waals surface area contributed by atoms with Crippen molar-refractivity contribution >= 4 is 5.82 Å². The van der Waals surface area contributed by atoms with Crippen molar-refractivity contribution in [2.45, 2.75) is 58.7 Å². The molecule has 1 aliphatic heterocycles. The number of nitrogens with one attached hydrogen (secondary N) is 1. The number of rotatable bonds is 4. The summed E-state index contributed by atoms with van der Waals surface area (Å²) >= 11 is 0. The Morgan fingerprint density at radius 3 is 2.81 bits per heavy atom. The first-order chi connectivity index (χ1) is 9.87. The number of methoxy groups -OCH3 is 1. The van der Waals surface area contributed by atoms with Gasteiger partial charge < -0.3 is 15.0 Å². The van der Waals surface area contributed by atoms with E-state index in [0.29, 0.717) is 6.10 Å². The Labute approximate surface area is 128 Å². The van der Waals surface area contributed by atoms with E-state index in [1.54, 1.807) is 7.11 Å². The number of hydrogen-bond acceptors (Lipinski definition) is 4. The quantitative estimate of drug-likeness (QED) is 0.925. The van der Waals surface area contributed by atoms with Gasteiger partial charge in [-0.1, -0.05) is 0 Å². The van der Waals surface area contributed by atoms with Crippen molar-refractivity contribution < 1.29 is 4.74 Å². The number of piperidine rings is 1. The summed E-state index contributed by atoms with van der Waals surface area (Å²) in [5.74, 6) is 1.09. The Hall–Kier alpha value is -1.13. The van der Waals surface area contributed by atoms with Gasteiger partial charge in [-0.3, -0.25) is 0 Å². The molecule has 1 N–H and O–H groups in total. The van der Waals surface area contributed by atoms with Crippen molar-refractivity contribution in [3.63, 3.8) is 0 Å². The molecule has 1 aliphatic rings. The van der Waals surface area contributed by atoms with E-state index >= 15 is 0 Å². The minimum atomic E-state index is 0.129. The van der Waals surface area contributed by atoms with Gasteiger partial charge in [-0.15, -0.1) is 0 Å². The van der Waals surface area contributed by atoms with E-state index in [2.05, 4.69) is 50.0 Å². The van der Waals surface area contributed by atoms with Crippen molar-refractivity contribution in [3.05, 3.63) is 23.4 Å². The maximum Gasteiger partial charge on any atom is 0.129 e. The fourth-order valence-corrected chi connectivity index (χ4v) is 2.69. The molecule has 1 atom stereocenters. The van der Waals surface area contributed by atoms with Gasteiger partial charge in [-0.25, -0.2) is 4.98 Å². The van der Waals surface area contributed by atoms with E-state index in [-0.39, 0.29) is 5.54 Å². The Kier molecular flexibility index (Phi) is 5.22. The van der Waals surface area contributed by atoms with Gasteiger partial charge in [0.2, 0.25) is 0 Å². The largest absolute Gasteiger partial charge is 0.380 e. The Morgan fingerprint density at radius 2 is 2.14 bits per heavy atom. The molecule has 21 heavy (non-hydrogen) atoms. The number of aryl methyl sites for hydroxylation is 1. The number of ether oxygens (including phenoxy) is 1. The molecule has 0 aromatic carbocycles. The normalized spacial score (nSPS) is 19.9. The van der Waals surface area contributed by atoms with Crippen LogP contribution in [0.1, 0.15) is 44.9 Å². The molecule has 0 spiro atoms. The van der Waals surface area contributed by atoms with E-state index in [1.807, 2.05) is 0 Å². The summed E-state index contributed by atoms with van der Waals surface area (Å²) in [4.78, 5) is 7.07. The molecule has 118 valence electrons. The molecule has 1 fully saturated rings. The monoisotopic (exact) mass is 291 g/mol. The zero-order valence-electron chi connectivity index (χ0n) is 14.1. The van der Waals surface area contributed by atoms with Crippen LogP contribution in [0.2, 0.25) is 0 Å². The first-order valence-corrected chi connectivity index (χ1v) is 7.88. The highest BCUT2D eigenvalue weighted by molar-refractivity contribution is 5.43. The number of pyridine rings is 1. The molecule has 0 bridgehead atoms. The van der Waals surface area contributed by atoms with Gasteiger partial charge in [0.25, 0.3) is 0 Å². The molecular weight excluding hydrogens is 262 g/mol. The number of nitrogens with zero attached hydrogens (tertiary/aromatic N) is 2. The van der Waals surface area contributed by atoms with Crippen LogP contribution in [-0.2, 0) is 11.3 Å². The van der Waals surface area contributed by atoms with E-state index in [9.17, 15) is 0 Å². The maximum atomic E-state index is 5.51. The smallest absolute Gasteiger partial charge is 0.129 e. The van der Waals surface area contributed by atoms with E-state index in [0.717, 1.165) is 37.6 Å². The van der Waals surface area contributed by atoms with Crippen molar-refractivity contribution in [1.29, 1.82) is 0 Å². The molecule has 4 nitrogen and oxygen atoms in total. The van der Waals surface area contributed by atoms with Crippen LogP contribution in [0, 0.1) is 6.92 Å². The highest BCUT2D eigenvalue weighted by Crippen LogP contribution is 2.21. The molecule has 4 heteroatoms. The van der Waals surface area contributed by atoms with Crippen LogP contribution in [0.15, 0.2) is 12.1 Å². The van der Waals surface area contributed by atoms with E-state index in [1.165, 1.54) is 12.0 Å². The van der Waals surface area contributed by atoms with Gasteiger partial charge >= 0.3 is 0 Å². The lowest BCUT2D eigenvalue weighted by Gasteiger charge is -2.33. The van der Waals surface area contributed by atoms with E-state index in [4.69, 9.17) is 9.72 Å². The highest BCUT2D eigenvalue weighted by atomic mass is 16.5. The molecule has 1 saturated heterocycles. The Bertz CT molecular complexity index is 468. The summed E-state index contributed by atoms with van der Waals surface area (Å²) in [6, 6.07) is 4.38. The third-order valence-electron chi connectivity index (χ3n) is 3.86. The zero-order chi connectivity index (χ0) is 15.5. The molecule has 2 rings (SSSR count). The van der Waals surface area contributed by atoms with Crippen molar-refractivity contribution in [2.24, 2.45) is 0 Å². The van der Waals surface area contributed by atoms with Crippen LogP contribution in [0.3, 0.4) is 0 Å². The number of anilines is 1. The molecule has 0 radical (unpaired) electrons. The second-order valence-corrected chi connectivity index (χ2v) is 7.02. The van der Waals surface area contributed by atoms with Crippen molar-refractivity contribution in [3.8, 4) is 0 Å². The third-order valence-corrected chi connectivity index (χ3v) is 3.86. The standard InChI is InChI=1S/C17H29N3O/c1-13-9-14(11-18-17(2,3)4)10-16(19-13)20-8-6-7-15(12-20)21-5/h9-10,15,18H,6-8,11-12H2,1-5H3. The first kappa shape index (κ1) is 16.2. The van der Waals surface area contributed by atoms with Crippen LogP contribution in [0.5, 0.6) is 0 Å². The molecule has 0 amide bonds. The van der Waals surface area contributed by atoms with Gasteiger partial charge in [0.05, 0.1) is 6.10 Å². The van der Waals surface area contributed by atoms with Gasteiger partial charge in [0.15, 0.2) is 0 Å². The average Bonchev–Trinajstić information content (AvgIpc) is 2.44. The van der Waals surface area contributed by atoms with Gasteiger partial charge in [0.1, 0.15) is 5.82 Å². The van der Waals surface area contributed by atoms with Crippen LogP contribution >= 0.6 is 0 Å². The minimum Gasteiger partial charge on any atom is -0.380 e. The average molecular weight is 291 g/mol. The number of aromatic nitrogens is 1. The summed E-state index contributed by atoms with van der Waals surface area (Å²) in [7, 11) is 1.80. The fourth-order valence-electron chi connectivity index (χ4n) is 2.69. The molecule has 1 aromatic rings. The Balaban J connectivity index is 2.11. The van der Waals surface area contributed by atoms with Gasteiger partial charge in [-0.05, 0) is 58.2 Å². The summed E-state index contributed by atoms with van der Waals surface area (Å²) in [6.07, 6.45) is 2.65. The molecule has 0 aliphatic carbocycles. The summed E-state index contributed by atoms with van der Waals surface area (Å²) in [6.45, 7) is 11.5. The van der Waals surface area contributed by atoms with Crippen LogP contribution < -0.4 is 10.2 Å². The predicted octanol–water partition coefficient (Wildman–Crippen LogP) is 2.89. The third kappa shape index (κ3) is 4.97. The predicted molar refractivity (Wildman–Crippen MR) is 87.8 cm³/mol. The SMILES string of the molecule is COC1CCCN(c2cc(CNC(C)(C)C)cc(C)n2)C1. The van der Waals surface area contributed by atoms with Gasteiger partial charge in [-0.2, -0.15) is 0 Å². The summed E-state index contributed by atoms with van der Waals surface area (Å²) in [5, 5.41) is 3.54. The minimum absolute atomic E-state index is 0.129. The zero-order valence-corrected chi connectivity index (χ0v) is 14.1. The van der Waals surface area contributed by atoms with Gasteiger partial charge in [0, 0.05) is 38.0 Å². The highest BCUT2D eigenvalue weighted by Gasteiger charge is 2.21. The Morgan fingerprint density at radius 1 is 1.38 bits per heavy atom. The second kappa shape index (κ2) is 6.75.